The Bertz CT molecular complexity index is 721. The molecule has 0 aliphatic carbocycles. The van der Waals surface area contributed by atoms with Gasteiger partial charge in [0.05, 0.1) is 0 Å². The van der Waals surface area contributed by atoms with Crippen LogP contribution < -0.4 is 10.6 Å². The van der Waals surface area contributed by atoms with E-state index in [0.29, 0.717) is 11.4 Å². The van der Waals surface area contributed by atoms with Crippen LogP contribution in [0, 0.1) is 24.3 Å². The van der Waals surface area contributed by atoms with Crippen LogP contribution >= 0.6 is 22.6 Å². The lowest BCUT2D eigenvalue weighted by atomic mass is 10.1. The smallest absolute Gasteiger partial charge is 0.314 e. The molecule has 4 nitrogen and oxygen atoms in total. The number of nitrogens with one attached hydrogen (secondary N) is 2. The summed E-state index contributed by atoms with van der Waals surface area (Å²) in [7, 11) is 0. The number of aryl methyl sites for hydroxylation is 3. The van der Waals surface area contributed by atoms with Crippen LogP contribution in [-0.2, 0) is 9.59 Å². The Balaban J connectivity index is 2.07. The molecule has 2 aromatic carbocycles. The van der Waals surface area contributed by atoms with E-state index in [0.717, 1.165) is 20.3 Å². The highest BCUT2D eigenvalue weighted by Gasteiger charge is 2.15. The molecule has 2 N–H and O–H groups in total. The van der Waals surface area contributed by atoms with Crippen molar-refractivity contribution in [3.63, 3.8) is 0 Å². The number of hydrogen-bond donors (Lipinski definition) is 2. The van der Waals surface area contributed by atoms with Crippen LogP contribution in [-0.4, -0.2) is 11.8 Å². The lowest BCUT2D eigenvalue weighted by Gasteiger charge is -2.10. The number of hydrogen-bond acceptors (Lipinski definition) is 2. The second-order valence-corrected chi connectivity index (χ2v) is 6.49. The van der Waals surface area contributed by atoms with E-state index in [1.807, 2.05) is 51.1 Å². The molecule has 0 heterocycles. The van der Waals surface area contributed by atoms with Crippen LogP contribution in [0.4, 0.5) is 11.4 Å². The molecule has 0 aromatic heterocycles. The van der Waals surface area contributed by atoms with Crippen LogP contribution in [0.3, 0.4) is 0 Å². The summed E-state index contributed by atoms with van der Waals surface area (Å²) in [5.41, 5.74) is 4.24. The van der Waals surface area contributed by atoms with Crippen LogP contribution in [0.2, 0.25) is 0 Å². The number of benzene rings is 2. The Kier molecular flexibility index (Phi) is 5.18. The minimum Gasteiger partial charge on any atom is -0.318 e. The zero-order valence-electron chi connectivity index (χ0n) is 12.7. The summed E-state index contributed by atoms with van der Waals surface area (Å²) in [6, 6.07) is 11.3. The van der Waals surface area contributed by atoms with Crippen LogP contribution in [0.1, 0.15) is 16.7 Å². The fourth-order valence-corrected chi connectivity index (χ4v) is 2.83. The van der Waals surface area contributed by atoms with Gasteiger partial charge in [0.1, 0.15) is 0 Å². The first-order chi connectivity index (χ1) is 10.3. The van der Waals surface area contributed by atoms with Crippen molar-refractivity contribution < 1.29 is 9.59 Å². The van der Waals surface area contributed by atoms with Crippen molar-refractivity contribution in [2.75, 3.05) is 10.6 Å². The molecule has 5 heteroatoms. The first-order valence-electron chi connectivity index (χ1n) is 6.82. The number of anilines is 2. The van der Waals surface area contributed by atoms with Crippen LogP contribution in [0.25, 0.3) is 0 Å². The predicted molar refractivity (Wildman–Crippen MR) is 97.1 cm³/mol. The third kappa shape index (κ3) is 4.30. The molecule has 0 aliphatic heterocycles. The zero-order chi connectivity index (χ0) is 16.3. The summed E-state index contributed by atoms with van der Waals surface area (Å²) in [5.74, 6) is -1.36. The van der Waals surface area contributed by atoms with Crippen molar-refractivity contribution in [3.05, 3.63) is 56.7 Å². The Morgan fingerprint density at radius 2 is 1.45 bits per heavy atom. The van der Waals surface area contributed by atoms with Crippen molar-refractivity contribution in [2.24, 2.45) is 0 Å². The minimum atomic E-state index is -0.678. The number of halogens is 1. The SMILES string of the molecule is Cc1cc(C)cc(NC(=O)C(=O)Nc2ccc(I)cc2C)c1. The molecule has 0 bridgehead atoms. The molecule has 22 heavy (non-hydrogen) atoms. The van der Waals surface area contributed by atoms with Gasteiger partial charge in [-0.3, -0.25) is 9.59 Å². The molecule has 0 saturated heterocycles. The topological polar surface area (TPSA) is 58.2 Å². The van der Waals surface area contributed by atoms with E-state index in [1.54, 1.807) is 6.07 Å². The van der Waals surface area contributed by atoms with Gasteiger partial charge in [0.15, 0.2) is 0 Å². The van der Waals surface area contributed by atoms with Crippen molar-refractivity contribution in [3.8, 4) is 0 Å². The van der Waals surface area contributed by atoms with Crippen molar-refractivity contribution >= 4 is 45.8 Å². The molecule has 0 saturated carbocycles. The number of carbonyl (C=O) groups excluding carboxylic acids is 2. The monoisotopic (exact) mass is 408 g/mol. The normalized spacial score (nSPS) is 10.2. The maximum absolute atomic E-state index is 12.0. The first kappa shape index (κ1) is 16.5. The van der Waals surface area contributed by atoms with Crippen molar-refractivity contribution in [1.29, 1.82) is 0 Å². The van der Waals surface area contributed by atoms with Gasteiger partial charge < -0.3 is 10.6 Å². The fraction of sp³-hybridized carbons (Fsp3) is 0.176. The predicted octanol–water partition coefficient (Wildman–Crippen LogP) is 3.79. The van der Waals surface area contributed by atoms with Gasteiger partial charge in [-0.05, 0) is 90.4 Å². The number of rotatable bonds is 2. The largest absolute Gasteiger partial charge is 0.318 e. The maximum Gasteiger partial charge on any atom is 0.314 e. The van der Waals surface area contributed by atoms with Gasteiger partial charge in [-0.1, -0.05) is 6.07 Å². The molecule has 0 aliphatic rings. The molecule has 114 valence electrons. The van der Waals surface area contributed by atoms with Gasteiger partial charge in [-0.2, -0.15) is 0 Å². The summed E-state index contributed by atoms with van der Waals surface area (Å²) in [6.07, 6.45) is 0. The summed E-state index contributed by atoms with van der Waals surface area (Å²) in [6.45, 7) is 5.77. The maximum atomic E-state index is 12.0. The highest BCUT2D eigenvalue weighted by Crippen LogP contribution is 2.18. The van der Waals surface area contributed by atoms with Gasteiger partial charge in [-0.15, -0.1) is 0 Å². The van der Waals surface area contributed by atoms with E-state index < -0.39 is 11.8 Å². The molecule has 0 fully saturated rings. The molecule has 2 amide bonds. The van der Waals surface area contributed by atoms with E-state index in [1.165, 1.54) is 0 Å². The lowest BCUT2D eigenvalue weighted by molar-refractivity contribution is -0.133. The van der Waals surface area contributed by atoms with Gasteiger partial charge in [0.2, 0.25) is 0 Å². The quantitative estimate of drug-likeness (QED) is 0.587. The Morgan fingerprint density at radius 3 is 2.05 bits per heavy atom. The van der Waals surface area contributed by atoms with E-state index in [2.05, 4.69) is 33.2 Å². The second kappa shape index (κ2) is 6.91. The molecule has 0 unspecified atom stereocenters. The van der Waals surface area contributed by atoms with E-state index in [-0.39, 0.29) is 0 Å². The molecular weight excluding hydrogens is 391 g/mol. The Labute approximate surface area is 143 Å². The summed E-state index contributed by atoms with van der Waals surface area (Å²) < 4.78 is 1.08. The standard InChI is InChI=1S/C17H17IN2O2/c1-10-6-11(2)8-14(7-10)19-16(21)17(22)20-15-5-4-13(18)9-12(15)3/h4-9H,1-3H3,(H,19,21)(H,20,22). The fourth-order valence-electron chi connectivity index (χ4n) is 2.18. The minimum absolute atomic E-state index is 0.622. The third-order valence-corrected chi connectivity index (χ3v) is 3.79. The number of amides is 2. The Morgan fingerprint density at radius 1 is 0.864 bits per heavy atom. The number of carbonyl (C=O) groups is 2. The first-order valence-corrected chi connectivity index (χ1v) is 7.90. The average Bonchev–Trinajstić information content (AvgIpc) is 2.40. The molecular formula is C17H17IN2O2. The zero-order valence-corrected chi connectivity index (χ0v) is 14.8. The molecule has 0 spiro atoms. The van der Waals surface area contributed by atoms with Crippen LogP contribution in [0.15, 0.2) is 36.4 Å². The van der Waals surface area contributed by atoms with Gasteiger partial charge >= 0.3 is 11.8 Å². The van der Waals surface area contributed by atoms with Gasteiger partial charge in [0.25, 0.3) is 0 Å². The summed E-state index contributed by atoms with van der Waals surface area (Å²) in [5, 5.41) is 5.25. The summed E-state index contributed by atoms with van der Waals surface area (Å²) in [4.78, 5) is 24.0. The van der Waals surface area contributed by atoms with E-state index in [9.17, 15) is 9.59 Å². The van der Waals surface area contributed by atoms with Crippen LogP contribution in [0.5, 0.6) is 0 Å². The lowest BCUT2D eigenvalue weighted by Crippen LogP contribution is -2.29. The molecule has 2 rings (SSSR count). The van der Waals surface area contributed by atoms with E-state index >= 15 is 0 Å². The van der Waals surface area contributed by atoms with E-state index in [4.69, 9.17) is 0 Å². The molecule has 0 radical (unpaired) electrons. The Hall–Kier alpha value is -1.89. The van der Waals surface area contributed by atoms with Gasteiger partial charge in [0, 0.05) is 14.9 Å². The molecule has 2 aromatic rings. The average molecular weight is 408 g/mol. The van der Waals surface area contributed by atoms with Crippen molar-refractivity contribution in [2.45, 2.75) is 20.8 Å². The highest BCUT2D eigenvalue weighted by molar-refractivity contribution is 14.1. The summed E-state index contributed by atoms with van der Waals surface area (Å²) >= 11 is 2.20. The third-order valence-electron chi connectivity index (χ3n) is 3.12. The highest BCUT2D eigenvalue weighted by atomic mass is 127. The van der Waals surface area contributed by atoms with Crippen molar-refractivity contribution in [1.82, 2.24) is 0 Å². The second-order valence-electron chi connectivity index (χ2n) is 5.24. The van der Waals surface area contributed by atoms with Gasteiger partial charge in [-0.25, -0.2) is 0 Å². The molecule has 0 atom stereocenters.